The van der Waals surface area contributed by atoms with Gasteiger partial charge in [0.05, 0.1) is 29.1 Å². The Bertz CT molecular complexity index is 1420. The third-order valence-corrected chi connectivity index (χ3v) is 6.48. The number of thiazole rings is 1. The van der Waals surface area contributed by atoms with E-state index in [0.29, 0.717) is 36.2 Å². The highest BCUT2D eigenvalue weighted by molar-refractivity contribution is 7.22. The Hall–Kier alpha value is -3.65. The number of aryl methyl sites for hydroxylation is 2. The zero-order chi connectivity index (χ0) is 22.9. The van der Waals surface area contributed by atoms with Gasteiger partial charge < -0.3 is 9.15 Å². The summed E-state index contributed by atoms with van der Waals surface area (Å²) in [4.78, 5) is 20.1. The molecule has 3 aromatic heterocycles. The lowest BCUT2D eigenvalue weighted by Crippen LogP contribution is -2.34. The Morgan fingerprint density at radius 1 is 1.15 bits per heavy atom. The number of benzene rings is 2. The number of carbonyl (C=O) groups is 1. The maximum Gasteiger partial charge on any atom is 0.295 e. The van der Waals surface area contributed by atoms with Crippen LogP contribution in [-0.2, 0) is 6.54 Å². The SMILES string of the molecule is CCOc1cccc2cc(C(=O)N(CCn3nc(C)cc3C)c3nc4ccccc4s3)oc12. The zero-order valence-corrected chi connectivity index (χ0v) is 19.6. The van der Waals surface area contributed by atoms with Gasteiger partial charge in [-0.15, -0.1) is 0 Å². The standard InChI is InChI=1S/C25H24N4O3S/c1-4-31-20-10-7-8-18-15-21(32-23(18)20)24(30)28(12-13-29-17(3)14-16(2)27-29)25-26-19-9-5-6-11-22(19)33-25/h5-11,14-15H,4,12-13H2,1-3H3. The van der Waals surface area contributed by atoms with Crippen molar-refractivity contribution in [3.8, 4) is 5.75 Å². The van der Waals surface area contributed by atoms with Crippen molar-refractivity contribution in [3.63, 3.8) is 0 Å². The van der Waals surface area contributed by atoms with Crippen molar-refractivity contribution in [2.75, 3.05) is 18.1 Å². The molecule has 0 radical (unpaired) electrons. The summed E-state index contributed by atoms with van der Waals surface area (Å²) in [5.74, 6) is 0.641. The summed E-state index contributed by atoms with van der Waals surface area (Å²) in [5.41, 5.74) is 3.44. The molecule has 1 amide bonds. The molecular weight excluding hydrogens is 436 g/mol. The lowest BCUT2D eigenvalue weighted by Gasteiger charge is -2.19. The first-order chi connectivity index (χ1) is 16.0. The molecule has 33 heavy (non-hydrogen) atoms. The molecule has 5 rings (SSSR count). The van der Waals surface area contributed by atoms with Crippen LogP contribution in [-0.4, -0.2) is 33.8 Å². The Kier molecular flexibility index (Phi) is 5.60. The van der Waals surface area contributed by atoms with Crippen LogP contribution in [0, 0.1) is 13.8 Å². The molecule has 5 aromatic rings. The number of fused-ring (bicyclic) bond motifs is 2. The third kappa shape index (κ3) is 4.09. The van der Waals surface area contributed by atoms with E-state index < -0.39 is 0 Å². The van der Waals surface area contributed by atoms with Crippen LogP contribution in [0.15, 0.2) is 59.0 Å². The zero-order valence-electron chi connectivity index (χ0n) is 18.7. The Morgan fingerprint density at radius 3 is 2.76 bits per heavy atom. The van der Waals surface area contributed by atoms with Gasteiger partial charge in [0.25, 0.3) is 5.91 Å². The summed E-state index contributed by atoms with van der Waals surface area (Å²) in [6.45, 7) is 7.37. The van der Waals surface area contributed by atoms with E-state index in [1.54, 1.807) is 11.0 Å². The van der Waals surface area contributed by atoms with Crippen LogP contribution in [0.3, 0.4) is 0 Å². The topological polar surface area (TPSA) is 73.4 Å². The Morgan fingerprint density at radius 2 is 2.00 bits per heavy atom. The maximum absolute atomic E-state index is 13.7. The largest absolute Gasteiger partial charge is 0.490 e. The van der Waals surface area contributed by atoms with Gasteiger partial charge in [-0.05, 0) is 51.1 Å². The van der Waals surface area contributed by atoms with Crippen molar-refractivity contribution >= 4 is 43.6 Å². The van der Waals surface area contributed by atoms with Gasteiger partial charge in [0, 0.05) is 17.6 Å². The summed E-state index contributed by atoms with van der Waals surface area (Å²) in [5, 5.41) is 6.00. The fourth-order valence-corrected chi connectivity index (χ4v) is 4.89. The monoisotopic (exact) mass is 460 g/mol. The second kappa shape index (κ2) is 8.71. The fourth-order valence-electron chi connectivity index (χ4n) is 3.90. The predicted octanol–water partition coefficient (Wildman–Crippen LogP) is 5.60. The number of para-hydroxylation sites is 2. The maximum atomic E-state index is 13.7. The van der Waals surface area contributed by atoms with Gasteiger partial charge in [0.1, 0.15) is 0 Å². The van der Waals surface area contributed by atoms with Crippen LogP contribution < -0.4 is 9.64 Å². The number of nitrogens with zero attached hydrogens (tertiary/aromatic N) is 4. The lowest BCUT2D eigenvalue weighted by molar-refractivity contribution is 0.0961. The fraction of sp³-hybridized carbons (Fsp3) is 0.240. The molecule has 0 aliphatic heterocycles. The Balaban J connectivity index is 1.52. The van der Waals surface area contributed by atoms with Crippen molar-refractivity contribution in [1.29, 1.82) is 0 Å². The first kappa shape index (κ1) is 21.2. The quantitative estimate of drug-likeness (QED) is 0.316. The van der Waals surface area contributed by atoms with Gasteiger partial charge in [-0.25, -0.2) is 4.98 Å². The average molecular weight is 461 g/mol. The minimum Gasteiger partial charge on any atom is -0.490 e. The van der Waals surface area contributed by atoms with E-state index in [9.17, 15) is 4.79 Å². The van der Waals surface area contributed by atoms with Crippen LogP contribution in [0.2, 0.25) is 0 Å². The number of hydrogen-bond acceptors (Lipinski definition) is 6. The molecule has 0 saturated heterocycles. The van der Waals surface area contributed by atoms with Crippen molar-refractivity contribution in [2.45, 2.75) is 27.3 Å². The van der Waals surface area contributed by atoms with Crippen LogP contribution in [0.4, 0.5) is 5.13 Å². The predicted molar refractivity (Wildman–Crippen MR) is 130 cm³/mol. The number of amides is 1. The number of aromatic nitrogens is 3. The molecule has 2 aromatic carbocycles. The number of anilines is 1. The molecule has 0 atom stereocenters. The van der Waals surface area contributed by atoms with Gasteiger partial charge in [0.15, 0.2) is 22.2 Å². The van der Waals surface area contributed by atoms with E-state index in [2.05, 4.69) is 5.10 Å². The first-order valence-corrected chi connectivity index (χ1v) is 11.7. The molecular formula is C25H24N4O3S. The summed E-state index contributed by atoms with van der Waals surface area (Å²) in [7, 11) is 0. The number of ether oxygens (including phenoxy) is 1. The summed E-state index contributed by atoms with van der Waals surface area (Å²) in [6.07, 6.45) is 0. The van der Waals surface area contributed by atoms with Gasteiger partial charge in [0.2, 0.25) is 0 Å². The van der Waals surface area contributed by atoms with Gasteiger partial charge in [-0.3, -0.25) is 14.4 Å². The van der Waals surface area contributed by atoms with Crippen LogP contribution in [0.25, 0.3) is 21.2 Å². The third-order valence-electron chi connectivity index (χ3n) is 5.42. The van der Waals surface area contributed by atoms with Gasteiger partial charge in [-0.1, -0.05) is 35.6 Å². The molecule has 0 saturated carbocycles. The number of rotatable bonds is 7. The van der Waals surface area contributed by atoms with Gasteiger partial charge >= 0.3 is 0 Å². The van der Waals surface area contributed by atoms with E-state index in [-0.39, 0.29) is 11.7 Å². The summed E-state index contributed by atoms with van der Waals surface area (Å²) < 4.78 is 14.6. The highest BCUT2D eigenvalue weighted by Gasteiger charge is 2.25. The lowest BCUT2D eigenvalue weighted by atomic mass is 10.2. The molecule has 168 valence electrons. The second-order valence-corrected chi connectivity index (χ2v) is 8.80. The number of furan rings is 1. The van der Waals surface area contributed by atoms with Crippen molar-refractivity contribution in [2.24, 2.45) is 0 Å². The highest BCUT2D eigenvalue weighted by Crippen LogP contribution is 2.32. The first-order valence-electron chi connectivity index (χ1n) is 10.9. The molecule has 0 aliphatic carbocycles. The van der Waals surface area contributed by atoms with E-state index in [4.69, 9.17) is 14.1 Å². The number of hydrogen-bond donors (Lipinski definition) is 0. The molecule has 3 heterocycles. The van der Waals surface area contributed by atoms with Gasteiger partial charge in [-0.2, -0.15) is 5.10 Å². The molecule has 0 unspecified atom stereocenters. The molecule has 7 nitrogen and oxygen atoms in total. The molecule has 0 spiro atoms. The van der Waals surface area contributed by atoms with E-state index in [1.165, 1.54) is 11.3 Å². The van der Waals surface area contributed by atoms with Crippen LogP contribution in [0.5, 0.6) is 5.75 Å². The highest BCUT2D eigenvalue weighted by atomic mass is 32.1. The van der Waals surface area contributed by atoms with Crippen LogP contribution >= 0.6 is 11.3 Å². The molecule has 0 bridgehead atoms. The van der Waals surface area contributed by atoms with Crippen molar-refractivity contribution < 1.29 is 13.9 Å². The normalized spacial score (nSPS) is 11.4. The van der Waals surface area contributed by atoms with Crippen LogP contribution in [0.1, 0.15) is 28.9 Å². The molecule has 0 aliphatic rings. The Labute approximate surface area is 195 Å². The molecule has 0 N–H and O–H groups in total. The minimum atomic E-state index is -0.241. The van der Waals surface area contributed by atoms with E-state index >= 15 is 0 Å². The number of carbonyl (C=O) groups excluding carboxylic acids is 1. The van der Waals surface area contributed by atoms with E-state index in [0.717, 1.165) is 27.0 Å². The molecule has 8 heteroatoms. The van der Waals surface area contributed by atoms with E-state index in [1.807, 2.05) is 74.0 Å². The van der Waals surface area contributed by atoms with Crippen molar-refractivity contribution in [1.82, 2.24) is 14.8 Å². The smallest absolute Gasteiger partial charge is 0.295 e. The second-order valence-electron chi connectivity index (χ2n) is 7.79. The minimum absolute atomic E-state index is 0.241. The molecule has 0 fully saturated rings. The summed E-state index contributed by atoms with van der Waals surface area (Å²) >= 11 is 1.49. The van der Waals surface area contributed by atoms with Crippen molar-refractivity contribution in [3.05, 3.63) is 71.7 Å². The summed E-state index contributed by atoms with van der Waals surface area (Å²) in [6, 6.07) is 17.3. The average Bonchev–Trinajstić information content (AvgIpc) is 3.50.